The molecule has 2 rings (SSSR count). The van der Waals surface area contributed by atoms with Gasteiger partial charge in [0.15, 0.2) is 0 Å². The smallest absolute Gasteiger partial charge is 0.246 e. The molecule has 5 heteroatoms. The maximum Gasteiger partial charge on any atom is 0.246 e. The molecule has 1 saturated heterocycles. The second kappa shape index (κ2) is 6.06. The number of likely N-dealkylation sites (N-methyl/N-ethyl adjacent to an activating group) is 1. The summed E-state index contributed by atoms with van der Waals surface area (Å²) >= 11 is 1.97. The lowest BCUT2D eigenvalue weighted by atomic mass is 10.2. The molecule has 0 aromatic rings. The normalized spacial score (nSPS) is 32.6. The minimum atomic E-state index is -0.277. The maximum absolute atomic E-state index is 12.0. The van der Waals surface area contributed by atoms with E-state index in [4.69, 9.17) is 0 Å². The average molecular weight is 270 g/mol. The van der Waals surface area contributed by atoms with E-state index in [1.165, 1.54) is 17.7 Å². The van der Waals surface area contributed by atoms with Crippen LogP contribution in [0.4, 0.5) is 0 Å². The molecule has 4 nitrogen and oxygen atoms in total. The Hall–Kier alpha value is -0.550. The molecule has 18 heavy (non-hydrogen) atoms. The molecule has 3 unspecified atom stereocenters. The Morgan fingerprint density at radius 1 is 1.33 bits per heavy atom. The number of hydrogen-bond donors (Lipinski definition) is 1. The van der Waals surface area contributed by atoms with E-state index >= 15 is 0 Å². The highest BCUT2D eigenvalue weighted by molar-refractivity contribution is 7.99. The van der Waals surface area contributed by atoms with Crippen LogP contribution in [0.5, 0.6) is 0 Å². The Bertz CT molecular complexity index is 335. The molecular weight excluding hydrogens is 248 g/mol. The first-order chi connectivity index (χ1) is 8.67. The van der Waals surface area contributed by atoms with Crippen LogP contribution in [0, 0.1) is 0 Å². The molecule has 3 atom stereocenters. The largest absolute Gasteiger partial charge is 0.302 e. The molecular formula is C13H22N2O2S. The predicted octanol–water partition coefficient (Wildman–Crippen LogP) is 1.40. The van der Waals surface area contributed by atoms with Crippen molar-refractivity contribution >= 4 is 23.6 Å². The van der Waals surface area contributed by atoms with Crippen molar-refractivity contribution in [3.63, 3.8) is 0 Å². The van der Waals surface area contributed by atoms with E-state index in [0.29, 0.717) is 24.3 Å². The van der Waals surface area contributed by atoms with Gasteiger partial charge in [-0.05, 0) is 25.5 Å². The molecule has 0 aromatic carbocycles. The third kappa shape index (κ3) is 2.72. The summed E-state index contributed by atoms with van der Waals surface area (Å²) < 4.78 is 0. The minimum Gasteiger partial charge on any atom is -0.302 e. The van der Waals surface area contributed by atoms with Gasteiger partial charge in [-0.3, -0.25) is 14.5 Å². The summed E-state index contributed by atoms with van der Waals surface area (Å²) in [6, 6.07) is 0.119. The summed E-state index contributed by atoms with van der Waals surface area (Å²) in [5.74, 6) is 1.05. The fourth-order valence-corrected chi connectivity index (χ4v) is 4.14. The molecule has 0 radical (unpaired) electrons. The van der Waals surface area contributed by atoms with Gasteiger partial charge in [-0.25, -0.2) is 0 Å². The number of thioether (sulfide) groups is 1. The second-order valence-electron chi connectivity index (χ2n) is 4.93. The molecule has 1 N–H and O–H groups in total. The van der Waals surface area contributed by atoms with Gasteiger partial charge in [0.1, 0.15) is 0 Å². The predicted molar refractivity (Wildman–Crippen MR) is 73.5 cm³/mol. The van der Waals surface area contributed by atoms with Crippen LogP contribution in [0.2, 0.25) is 0 Å². The summed E-state index contributed by atoms with van der Waals surface area (Å²) in [7, 11) is 0. The van der Waals surface area contributed by atoms with Crippen molar-refractivity contribution in [3.8, 4) is 0 Å². The van der Waals surface area contributed by atoms with Crippen LogP contribution in [0.25, 0.3) is 0 Å². The minimum absolute atomic E-state index is 0.0299. The molecule has 2 aliphatic rings. The van der Waals surface area contributed by atoms with E-state index in [-0.39, 0.29) is 17.9 Å². The highest BCUT2D eigenvalue weighted by Gasteiger charge is 2.40. The molecule has 0 aromatic heterocycles. The summed E-state index contributed by atoms with van der Waals surface area (Å²) in [6.07, 6.45) is 3.92. The Kier molecular flexibility index (Phi) is 4.67. The molecule has 1 saturated carbocycles. The Balaban J connectivity index is 1.94. The van der Waals surface area contributed by atoms with Crippen LogP contribution in [0.15, 0.2) is 0 Å². The van der Waals surface area contributed by atoms with Crippen LogP contribution in [0.1, 0.15) is 39.5 Å². The van der Waals surface area contributed by atoms with Crippen molar-refractivity contribution < 1.29 is 9.59 Å². The van der Waals surface area contributed by atoms with Crippen LogP contribution >= 0.6 is 11.8 Å². The Morgan fingerprint density at radius 3 is 2.72 bits per heavy atom. The number of nitrogens with one attached hydrogen (secondary N) is 1. The lowest BCUT2D eigenvalue weighted by Crippen LogP contribution is -2.46. The first kappa shape index (κ1) is 13.9. The van der Waals surface area contributed by atoms with Gasteiger partial charge < -0.3 is 5.32 Å². The lowest BCUT2D eigenvalue weighted by Gasteiger charge is -2.23. The highest BCUT2D eigenvalue weighted by atomic mass is 32.2. The van der Waals surface area contributed by atoms with E-state index in [0.717, 1.165) is 12.2 Å². The summed E-state index contributed by atoms with van der Waals surface area (Å²) in [6.45, 7) is 4.51. The third-order valence-corrected chi connectivity index (χ3v) is 5.13. The maximum atomic E-state index is 12.0. The number of likely N-dealkylation sites (tertiary alicyclic amines) is 1. The van der Waals surface area contributed by atoms with Crippen LogP contribution < -0.4 is 5.32 Å². The first-order valence-electron chi connectivity index (χ1n) is 6.89. The van der Waals surface area contributed by atoms with Crippen molar-refractivity contribution in [2.45, 2.75) is 56.9 Å². The van der Waals surface area contributed by atoms with Crippen LogP contribution in [-0.2, 0) is 9.59 Å². The van der Waals surface area contributed by atoms with Gasteiger partial charge in [-0.1, -0.05) is 13.3 Å². The van der Waals surface area contributed by atoms with Crippen LogP contribution in [-0.4, -0.2) is 46.3 Å². The molecule has 2 fully saturated rings. The van der Waals surface area contributed by atoms with Crippen molar-refractivity contribution in [2.24, 2.45) is 0 Å². The number of rotatable bonds is 5. The number of hydrogen-bond acceptors (Lipinski definition) is 4. The van der Waals surface area contributed by atoms with Crippen molar-refractivity contribution in [2.75, 3.05) is 12.3 Å². The lowest BCUT2D eigenvalue weighted by molar-refractivity contribution is -0.138. The van der Waals surface area contributed by atoms with Gasteiger partial charge in [-0.2, -0.15) is 11.8 Å². The standard InChI is InChI=1S/C13H22N2O2S/c1-3-15-12(16)8-10(13(15)17)14-9-6-5-7-11(9)18-4-2/h9-11,14H,3-8H2,1-2H3. The summed E-state index contributed by atoms with van der Waals surface area (Å²) in [5, 5.41) is 4.03. The zero-order valence-corrected chi connectivity index (χ0v) is 12.0. The number of imide groups is 1. The van der Waals surface area contributed by atoms with Crippen molar-refractivity contribution in [1.82, 2.24) is 10.2 Å². The summed E-state index contributed by atoms with van der Waals surface area (Å²) in [4.78, 5) is 25.1. The topological polar surface area (TPSA) is 49.4 Å². The molecule has 1 aliphatic heterocycles. The molecule has 0 bridgehead atoms. The molecule has 1 heterocycles. The Labute approximate surface area is 113 Å². The quantitative estimate of drug-likeness (QED) is 0.767. The van der Waals surface area contributed by atoms with E-state index in [9.17, 15) is 9.59 Å². The first-order valence-corrected chi connectivity index (χ1v) is 7.94. The fraction of sp³-hybridized carbons (Fsp3) is 0.846. The molecule has 1 aliphatic carbocycles. The van der Waals surface area contributed by atoms with Crippen LogP contribution in [0.3, 0.4) is 0 Å². The van der Waals surface area contributed by atoms with E-state index in [2.05, 4.69) is 12.2 Å². The number of nitrogens with zero attached hydrogens (tertiary/aromatic N) is 1. The van der Waals surface area contributed by atoms with Gasteiger partial charge in [0.2, 0.25) is 11.8 Å². The second-order valence-corrected chi connectivity index (χ2v) is 6.45. The van der Waals surface area contributed by atoms with E-state index in [1.54, 1.807) is 0 Å². The summed E-state index contributed by atoms with van der Waals surface area (Å²) in [5.41, 5.74) is 0. The zero-order chi connectivity index (χ0) is 13.1. The zero-order valence-electron chi connectivity index (χ0n) is 11.1. The third-order valence-electron chi connectivity index (χ3n) is 3.81. The van der Waals surface area contributed by atoms with Crippen molar-refractivity contribution in [3.05, 3.63) is 0 Å². The number of carbonyl (C=O) groups is 2. The SMILES string of the molecule is CCSC1CCCC1NC1CC(=O)N(CC)C1=O. The number of amides is 2. The van der Waals surface area contributed by atoms with E-state index in [1.807, 2.05) is 18.7 Å². The van der Waals surface area contributed by atoms with Gasteiger partial charge >= 0.3 is 0 Å². The van der Waals surface area contributed by atoms with Gasteiger partial charge in [0, 0.05) is 17.8 Å². The van der Waals surface area contributed by atoms with Gasteiger partial charge in [0.25, 0.3) is 0 Å². The Morgan fingerprint density at radius 2 is 2.11 bits per heavy atom. The average Bonchev–Trinajstić information content (AvgIpc) is 2.87. The molecule has 0 spiro atoms. The fourth-order valence-electron chi connectivity index (χ4n) is 2.93. The van der Waals surface area contributed by atoms with E-state index < -0.39 is 0 Å². The highest BCUT2D eigenvalue weighted by Crippen LogP contribution is 2.31. The monoisotopic (exact) mass is 270 g/mol. The van der Waals surface area contributed by atoms with Gasteiger partial charge in [-0.15, -0.1) is 0 Å². The van der Waals surface area contributed by atoms with Crippen molar-refractivity contribution in [1.29, 1.82) is 0 Å². The molecule has 102 valence electrons. The van der Waals surface area contributed by atoms with Gasteiger partial charge in [0.05, 0.1) is 12.5 Å². The number of carbonyl (C=O) groups excluding carboxylic acids is 2. The molecule has 2 amide bonds.